The third kappa shape index (κ3) is 3.23. The van der Waals surface area contributed by atoms with Gasteiger partial charge in [0.2, 0.25) is 0 Å². The fourth-order valence-electron chi connectivity index (χ4n) is 2.32. The van der Waals surface area contributed by atoms with Crippen molar-refractivity contribution in [2.24, 2.45) is 0 Å². The van der Waals surface area contributed by atoms with E-state index in [1.807, 2.05) is 18.2 Å². The average molecular weight is 319 g/mol. The van der Waals surface area contributed by atoms with Crippen LogP contribution in [0.25, 0.3) is 0 Å². The molecule has 0 aliphatic heterocycles. The predicted octanol–water partition coefficient (Wildman–Crippen LogP) is 2.02. The Morgan fingerprint density at radius 2 is 2.04 bits per heavy atom. The number of aromatic nitrogens is 2. The zero-order chi connectivity index (χ0) is 17.0. The molecule has 1 aromatic carbocycles. The number of para-hydroxylation sites is 1. The number of carbonyl (C=O) groups excluding carboxylic acids is 1. The third-order valence-corrected chi connectivity index (χ3v) is 3.51. The quantitative estimate of drug-likeness (QED) is 0.819. The van der Waals surface area contributed by atoms with E-state index in [4.69, 9.17) is 19.9 Å². The van der Waals surface area contributed by atoms with Gasteiger partial charge in [0.1, 0.15) is 5.82 Å². The largest absolute Gasteiger partial charge is 0.493 e. The second-order valence-corrected chi connectivity index (χ2v) is 4.89. The van der Waals surface area contributed by atoms with E-state index in [0.717, 1.165) is 5.56 Å². The van der Waals surface area contributed by atoms with Gasteiger partial charge in [-0.05, 0) is 19.9 Å². The molecule has 2 aromatic rings. The summed E-state index contributed by atoms with van der Waals surface area (Å²) in [7, 11) is 3.15. The highest BCUT2D eigenvalue weighted by molar-refractivity contribution is 5.90. The van der Waals surface area contributed by atoms with Crippen LogP contribution < -0.4 is 15.2 Å². The number of esters is 1. The second-order valence-electron chi connectivity index (χ2n) is 4.89. The Morgan fingerprint density at radius 3 is 2.65 bits per heavy atom. The van der Waals surface area contributed by atoms with E-state index in [0.29, 0.717) is 29.4 Å². The average Bonchev–Trinajstić information content (AvgIpc) is 2.83. The maximum atomic E-state index is 11.9. The van der Waals surface area contributed by atoms with E-state index < -0.39 is 5.97 Å². The number of hydrogen-bond donors (Lipinski definition) is 1. The lowest BCUT2D eigenvalue weighted by Gasteiger charge is -2.13. The monoisotopic (exact) mass is 319 g/mol. The molecule has 0 spiro atoms. The van der Waals surface area contributed by atoms with Crippen LogP contribution in [0, 0.1) is 6.92 Å². The first-order valence-corrected chi connectivity index (χ1v) is 7.23. The lowest BCUT2D eigenvalue weighted by molar-refractivity contribution is 0.0517. The minimum Gasteiger partial charge on any atom is -0.493 e. The highest BCUT2D eigenvalue weighted by Gasteiger charge is 2.20. The van der Waals surface area contributed by atoms with Crippen molar-refractivity contribution in [1.29, 1.82) is 0 Å². The number of anilines is 1. The van der Waals surface area contributed by atoms with Gasteiger partial charge in [0, 0.05) is 11.1 Å². The molecule has 0 unspecified atom stereocenters. The summed E-state index contributed by atoms with van der Waals surface area (Å²) in [6.07, 6.45) is 0. The number of nitrogen functional groups attached to an aromatic ring is 1. The minimum atomic E-state index is -0.479. The van der Waals surface area contributed by atoms with Gasteiger partial charge in [-0.25, -0.2) is 9.48 Å². The van der Waals surface area contributed by atoms with E-state index in [2.05, 4.69) is 5.10 Å². The maximum Gasteiger partial charge on any atom is 0.359 e. The van der Waals surface area contributed by atoms with Gasteiger partial charge in [-0.2, -0.15) is 5.10 Å². The summed E-state index contributed by atoms with van der Waals surface area (Å²) in [6.45, 7) is 4.13. The van der Waals surface area contributed by atoms with Crippen molar-refractivity contribution in [1.82, 2.24) is 9.78 Å². The highest BCUT2D eigenvalue weighted by atomic mass is 16.5. The molecular weight excluding hydrogens is 298 g/mol. The van der Waals surface area contributed by atoms with Gasteiger partial charge in [-0.3, -0.25) is 0 Å². The number of nitrogens with two attached hydrogens (primary N) is 1. The molecule has 7 heteroatoms. The van der Waals surface area contributed by atoms with Crippen LogP contribution in [0.15, 0.2) is 18.2 Å². The predicted molar refractivity (Wildman–Crippen MR) is 86.0 cm³/mol. The van der Waals surface area contributed by atoms with E-state index >= 15 is 0 Å². The van der Waals surface area contributed by atoms with Crippen molar-refractivity contribution in [3.8, 4) is 11.5 Å². The van der Waals surface area contributed by atoms with Crippen LogP contribution in [-0.2, 0) is 11.3 Å². The molecule has 124 valence electrons. The molecule has 1 heterocycles. The summed E-state index contributed by atoms with van der Waals surface area (Å²) < 4.78 is 17.2. The zero-order valence-corrected chi connectivity index (χ0v) is 13.8. The SMILES string of the molecule is CCOC(=O)c1nn(Cc2cccc(OC)c2OC)c(N)c1C. The first-order chi connectivity index (χ1) is 11.0. The van der Waals surface area contributed by atoms with Crippen LogP contribution in [0.1, 0.15) is 28.5 Å². The smallest absolute Gasteiger partial charge is 0.359 e. The third-order valence-electron chi connectivity index (χ3n) is 3.51. The molecule has 23 heavy (non-hydrogen) atoms. The van der Waals surface area contributed by atoms with Crippen LogP contribution in [-0.4, -0.2) is 36.6 Å². The Labute approximate surface area is 134 Å². The molecule has 7 nitrogen and oxygen atoms in total. The van der Waals surface area contributed by atoms with Crippen LogP contribution in [0.2, 0.25) is 0 Å². The van der Waals surface area contributed by atoms with Gasteiger partial charge in [-0.15, -0.1) is 0 Å². The van der Waals surface area contributed by atoms with Crippen molar-refractivity contribution >= 4 is 11.8 Å². The minimum absolute atomic E-state index is 0.228. The van der Waals surface area contributed by atoms with Crippen LogP contribution in [0.5, 0.6) is 11.5 Å². The van der Waals surface area contributed by atoms with Crippen molar-refractivity contribution in [2.45, 2.75) is 20.4 Å². The molecule has 0 atom stereocenters. The molecular formula is C16H21N3O4. The van der Waals surface area contributed by atoms with E-state index in [1.54, 1.807) is 32.7 Å². The fraction of sp³-hybridized carbons (Fsp3) is 0.375. The van der Waals surface area contributed by atoms with Gasteiger partial charge >= 0.3 is 5.97 Å². The Kier molecular flexibility index (Phi) is 5.10. The van der Waals surface area contributed by atoms with Crippen molar-refractivity contribution in [3.05, 3.63) is 35.0 Å². The first-order valence-electron chi connectivity index (χ1n) is 7.23. The van der Waals surface area contributed by atoms with E-state index in [-0.39, 0.29) is 12.3 Å². The second kappa shape index (κ2) is 7.04. The Balaban J connectivity index is 2.38. The zero-order valence-electron chi connectivity index (χ0n) is 13.8. The van der Waals surface area contributed by atoms with Gasteiger partial charge in [0.15, 0.2) is 17.2 Å². The normalized spacial score (nSPS) is 10.4. The molecule has 0 fully saturated rings. The Bertz CT molecular complexity index is 710. The van der Waals surface area contributed by atoms with Gasteiger partial charge in [0.25, 0.3) is 0 Å². The number of methoxy groups -OCH3 is 2. The summed E-state index contributed by atoms with van der Waals surface area (Å²) in [5.74, 6) is 1.17. The molecule has 2 rings (SSSR count). The lowest BCUT2D eigenvalue weighted by atomic mass is 10.2. The van der Waals surface area contributed by atoms with Crippen LogP contribution in [0.3, 0.4) is 0 Å². The Morgan fingerprint density at radius 1 is 1.30 bits per heavy atom. The summed E-state index contributed by atoms with van der Waals surface area (Å²) >= 11 is 0. The number of rotatable bonds is 6. The summed E-state index contributed by atoms with van der Waals surface area (Å²) in [5, 5.41) is 4.27. The van der Waals surface area contributed by atoms with Gasteiger partial charge in [-0.1, -0.05) is 12.1 Å². The highest BCUT2D eigenvalue weighted by Crippen LogP contribution is 2.31. The summed E-state index contributed by atoms with van der Waals surface area (Å²) in [4.78, 5) is 11.9. The molecule has 0 radical (unpaired) electrons. The molecule has 1 aromatic heterocycles. The number of ether oxygens (including phenoxy) is 3. The molecule has 0 bridgehead atoms. The number of nitrogens with zero attached hydrogens (tertiary/aromatic N) is 2. The fourth-order valence-corrected chi connectivity index (χ4v) is 2.32. The molecule has 0 aliphatic rings. The van der Waals surface area contributed by atoms with Crippen molar-refractivity contribution in [2.75, 3.05) is 26.6 Å². The first kappa shape index (κ1) is 16.7. The molecule has 0 saturated carbocycles. The van der Waals surface area contributed by atoms with Crippen molar-refractivity contribution < 1.29 is 19.0 Å². The molecule has 0 amide bonds. The molecule has 0 saturated heterocycles. The summed E-state index contributed by atoms with van der Waals surface area (Å²) in [6, 6.07) is 5.56. The van der Waals surface area contributed by atoms with Crippen LogP contribution in [0.4, 0.5) is 5.82 Å². The Hall–Kier alpha value is -2.70. The summed E-state index contributed by atoms with van der Waals surface area (Å²) in [5.41, 5.74) is 7.74. The maximum absolute atomic E-state index is 11.9. The van der Waals surface area contributed by atoms with Gasteiger partial charge < -0.3 is 19.9 Å². The molecule has 2 N–H and O–H groups in total. The van der Waals surface area contributed by atoms with Crippen LogP contribution >= 0.6 is 0 Å². The van der Waals surface area contributed by atoms with Gasteiger partial charge in [0.05, 0.1) is 27.4 Å². The number of hydrogen-bond acceptors (Lipinski definition) is 6. The van der Waals surface area contributed by atoms with Crippen molar-refractivity contribution in [3.63, 3.8) is 0 Å². The molecule has 0 aliphatic carbocycles. The number of carbonyl (C=O) groups is 1. The number of benzene rings is 1. The van der Waals surface area contributed by atoms with E-state index in [9.17, 15) is 4.79 Å². The lowest BCUT2D eigenvalue weighted by Crippen LogP contribution is -2.10. The standard InChI is InChI=1S/C16H21N3O4/c1-5-23-16(20)13-10(2)15(17)19(18-13)9-11-7-6-8-12(21-3)14(11)22-4/h6-8H,5,9,17H2,1-4H3. The van der Waals surface area contributed by atoms with E-state index in [1.165, 1.54) is 0 Å². The topological polar surface area (TPSA) is 88.6 Å².